The van der Waals surface area contributed by atoms with Gasteiger partial charge in [0.05, 0.1) is 13.2 Å². The Morgan fingerprint density at radius 3 is 2.10 bits per heavy atom. The van der Waals surface area contributed by atoms with Crippen LogP contribution in [0.4, 0.5) is 5.69 Å². The molecule has 0 atom stereocenters. The van der Waals surface area contributed by atoms with Crippen LogP contribution in [0.15, 0.2) is 103 Å². The van der Waals surface area contributed by atoms with E-state index >= 15 is 0 Å². The predicted octanol–water partition coefficient (Wildman–Crippen LogP) is 8.14. The number of amides is 1. The Labute approximate surface area is 287 Å². The summed E-state index contributed by atoms with van der Waals surface area (Å²) in [6.45, 7) is 9.65. The van der Waals surface area contributed by atoms with E-state index in [-0.39, 0.29) is 11.9 Å². The van der Waals surface area contributed by atoms with Gasteiger partial charge in [-0.1, -0.05) is 86.5 Å². The van der Waals surface area contributed by atoms with Crippen molar-refractivity contribution in [3.8, 4) is 5.75 Å². The van der Waals surface area contributed by atoms with Crippen LogP contribution in [0.1, 0.15) is 71.6 Å². The molecule has 0 unspecified atom stereocenters. The molecule has 0 aliphatic carbocycles. The lowest BCUT2D eigenvalue weighted by Gasteiger charge is -2.39. The molecule has 4 aromatic carbocycles. The average Bonchev–Trinajstić information content (AvgIpc) is 3.15. The van der Waals surface area contributed by atoms with E-state index in [1.807, 2.05) is 30.3 Å². The fourth-order valence-electron chi connectivity index (χ4n) is 6.84. The molecule has 2 aliphatic heterocycles. The molecule has 0 radical (unpaired) electrons. The summed E-state index contributed by atoms with van der Waals surface area (Å²) in [6.07, 6.45) is 6.65. The van der Waals surface area contributed by atoms with Gasteiger partial charge < -0.3 is 19.3 Å². The van der Waals surface area contributed by atoms with Crippen molar-refractivity contribution >= 4 is 11.6 Å². The molecule has 2 heterocycles. The van der Waals surface area contributed by atoms with Crippen molar-refractivity contribution in [2.75, 3.05) is 44.3 Å². The van der Waals surface area contributed by atoms with Gasteiger partial charge in [0.1, 0.15) is 12.4 Å². The van der Waals surface area contributed by atoms with Crippen molar-refractivity contribution in [2.45, 2.75) is 71.2 Å². The molecule has 1 amide bonds. The first kappa shape index (κ1) is 33.8. The molecule has 0 N–H and O–H groups in total. The minimum absolute atomic E-state index is 0.136. The van der Waals surface area contributed by atoms with E-state index in [1.54, 1.807) is 0 Å². The molecule has 4 aromatic rings. The number of anilines is 1. The molecule has 6 heteroatoms. The van der Waals surface area contributed by atoms with E-state index in [9.17, 15) is 4.79 Å². The van der Waals surface area contributed by atoms with Gasteiger partial charge in [0.2, 0.25) is 0 Å². The Balaban J connectivity index is 1.08. The third-order valence-corrected chi connectivity index (χ3v) is 9.77. The lowest BCUT2D eigenvalue weighted by molar-refractivity contribution is 0.0543. The second kappa shape index (κ2) is 17.3. The van der Waals surface area contributed by atoms with Crippen LogP contribution in [-0.2, 0) is 30.9 Å². The second-order valence-electron chi connectivity index (χ2n) is 13.3. The van der Waals surface area contributed by atoms with Gasteiger partial charge in [-0.2, -0.15) is 0 Å². The van der Waals surface area contributed by atoms with Crippen LogP contribution in [0.5, 0.6) is 5.75 Å². The van der Waals surface area contributed by atoms with Gasteiger partial charge in [0.15, 0.2) is 0 Å². The summed E-state index contributed by atoms with van der Waals surface area (Å²) in [5, 5.41) is 0. The van der Waals surface area contributed by atoms with Crippen molar-refractivity contribution in [3.05, 3.63) is 131 Å². The number of ether oxygens (including phenoxy) is 2. The smallest absolute Gasteiger partial charge is 0.254 e. The Kier molecular flexibility index (Phi) is 12.2. The summed E-state index contributed by atoms with van der Waals surface area (Å²) < 4.78 is 11.5. The van der Waals surface area contributed by atoms with E-state index in [1.165, 1.54) is 47.2 Å². The molecule has 6 rings (SSSR count). The maximum absolute atomic E-state index is 14.2. The van der Waals surface area contributed by atoms with E-state index < -0.39 is 0 Å². The van der Waals surface area contributed by atoms with Crippen molar-refractivity contribution in [1.29, 1.82) is 0 Å². The number of morpholine rings is 1. The highest BCUT2D eigenvalue weighted by molar-refractivity contribution is 5.94. The maximum atomic E-state index is 14.2. The van der Waals surface area contributed by atoms with E-state index in [0.717, 1.165) is 76.5 Å². The molecular weight excluding hydrogens is 594 g/mol. The molecule has 0 aromatic heterocycles. The fraction of sp³-hybridized carbons (Fsp3) is 0.405. The van der Waals surface area contributed by atoms with Crippen LogP contribution in [0.3, 0.4) is 0 Å². The van der Waals surface area contributed by atoms with Gasteiger partial charge in [-0.05, 0) is 84.3 Å². The number of nitrogens with zero attached hydrogens (tertiary/aromatic N) is 3. The lowest BCUT2D eigenvalue weighted by atomic mass is 9.99. The average molecular weight is 646 g/mol. The molecule has 252 valence electrons. The summed E-state index contributed by atoms with van der Waals surface area (Å²) in [5.74, 6) is 1.03. The first-order chi connectivity index (χ1) is 23.6. The van der Waals surface area contributed by atoms with Crippen LogP contribution in [0.2, 0.25) is 0 Å². The van der Waals surface area contributed by atoms with Crippen LogP contribution >= 0.6 is 0 Å². The summed E-state index contributed by atoms with van der Waals surface area (Å²) in [4.78, 5) is 21.2. The van der Waals surface area contributed by atoms with Gasteiger partial charge in [-0.3, -0.25) is 9.69 Å². The second-order valence-corrected chi connectivity index (χ2v) is 13.3. The zero-order chi connectivity index (χ0) is 33.0. The number of hydrogen-bond donors (Lipinski definition) is 0. The Morgan fingerprint density at radius 1 is 0.750 bits per heavy atom. The number of hydrogen-bond acceptors (Lipinski definition) is 5. The van der Waals surface area contributed by atoms with E-state index in [0.29, 0.717) is 13.2 Å². The number of carbonyl (C=O) groups is 1. The predicted molar refractivity (Wildman–Crippen MR) is 195 cm³/mol. The van der Waals surface area contributed by atoms with Crippen molar-refractivity contribution in [2.24, 2.45) is 0 Å². The summed E-state index contributed by atoms with van der Waals surface area (Å²) in [6, 6.07) is 36.2. The highest BCUT2D eigenvalue weighted by atomic mass is 16.5. The van der Waals surface area contributed by atoms with Gasteiger partial charge in [-0.15, -0.1) is 0 Å². The van der Waals surface area contributed by atoms with Crippen LogP contribution < -0.4 is 9.64 Å². The minimum atomic E-state index is 0.136. The topological polar surface area (TPSA) is 45.2 Å². The molecule has 0 bridgehead atoms. The number of unbranched alkanes of at least 4 members (excludes halogenated alkanes) is 2. The SMILES string of the molecule is CCCCCc1ccc(C(=O)N(Cc2ccc(N3CCOCC3)cc2)C2CCN(Cc3ccc(OCc4ccccc4)cc3)CC2)cc1. The number of benzene rings is 4. The molecule has 48 heavy (non-hydrogen) atoms. The number of aryl methyl sites for hydroxylation is 1. The highest BCUT2D eigenvalue weighted by Gasteiger charge is 2.29. The summed E-state index contributed by atoms with van der Waals surface area (Å²) in [5.41, 5.74) is 6.95. The monoisotopic (exact) mass is 645 g/mol. The normalized spacial score (nSPS) is 15.7. The third kappa shape index (κ3) is 9.48. The molecular formula is C42H51N3O3. The first-order valence-corrected chi connectivity index (χ1v) is 17.9. The maximum Gasteiger partial charge on any atom is 0.254 e. The van der Waals surface area contributed by atoms with Crippen LogP contribution in [0, 0.1) is 0 Å². The zero-order valence-electron chi connectivity index (χ0n) is 28.6. The van der Waals surface area contributed by atoms with E-state index in [2.05, 4.69) is 94.4 Å². The van der Waals surface area contributed by atoms with Crippen molar-refractivity contribution < 1.29 is 14.3 Å². The van der Waals surface area contributed by atoms with E-state index in [4.69, 9.17) is 9.47 Å². The largest absolute Gasteiger partial charge is 0.489 e. The Hall–Kier alpha value is -4.13. The Morgan fingerprint density at radius 2 is 1.42 bits per heavy atom. The van der Waals surface area contributed by atoms with Gasteiger partial charge >= 0.3 is 0 Å². The fourth-order valence-corrected chi connectivity index (χ4v) is 6.84. The number of piperidine rings is 1. The third-order valence-electron chi connectivity index (χ3n) is 9.77. The molecule has 2 saturated heterocycles. The standard InChI is InChI=1S/C42H51N3O3/c1-2-3-5-8-34-11-17-38(18-12-34)42(46)45(32-36-13-19-39(20-14-36)44-27-29-47-30-28-44)40-23-25-43(26-24-40)31-35-15-21-41(22-16-35)48-33-37-9-6-4-7-10-37/h4,6-7,9-22,40H,2-3,5,8,23-33H2,1H3. The molecule has 0 saturated carbocycles. The highest BCUT2D eigenvalue weighted by Crippen LogP contribution is 2.25. The molecule has 6 nitrogen and oxygen atoms in total. The molecule has 2 fully saturated rings. The first-order valence-electron chi connectivity index (χ1n) is 17.9. The van der Waals surface area contributed by atoms with Crippen LogP contribution in [-0.4, -0.2) is 61.1 Å². The quantitative estimate of drug-likeness (QED) is 0.130. The number of rotatable bonds is 14. The van der Waals surface area contributed by atoms with Gasteiger partial charge in [-0.25, -0.2) is 0 Å². The van der Waals surface area contributed by atoms with Crippen molar-refractivity contribution in [1.82, 2.24) is 9.80 Å². The summed E-state index contributed by atoms with van der Waals surface area (Å²) >= 11 is 0. The van der Waals surface area contributed by atoms with Crippen molar-refractivity contribution in [3.63, 3.8) is 0 Å². The number of likely N-dealkylation sites (tertiary alicyclic amines) is 1. The zero-order valence-corrected chi connectivity index (χ0v) is 28.6. The molecule has 2 aliphatic rings. The van der Waals surface area contributed by atoms with Gasteiger partial charge in [0, 0.05) is 56.6 Å². The Bertz CT molecular complexity index is 1530. The minimum Gasteiger partial charge on any atom is -0.489 e. The van der Waals surface area contributed by atoms with Gasteiger partial charge in [0.25, 0.3) is 5.91 Å². The summed E-state index contributed by atoms with van der Waals surface area (Å²) in [7, 11) is 0. The number of carbonyl (C=O) groups excluding carboxylic acids is 1. The lowest BCUT2D eigenvalue weighted by Crippen LogP contribution is -2.46. The molecule has 0 spiro atoms. The van der Waals surface area contributed by atoms with Crippen LogP contribution in [0.25, 0.3) is 0 Å².